The van der Waals surface area contributed by atoms with Crippen molar-refractivity contribution in [1.82, 2.24) is 0 Å². The molecule has 180 valence electrons. The highest BCUT2D eigenvalue weighted by Gasteiger charge is 2.16. The molecular formula is C28H24N4O4. The lowest BCUT2D eigenvalue weighted by atomic mass is 10.1. The van der Waals surface area contributed by atoms with Gasteiger partial charge in [0.2, 0.25) is 0 Å². The van der Waals surface area contributed by atoms with Gasteiger partial charge < -0.3 is 20.1 Å². The Kier molecular flexibility index (Phi) is 7.67. The molecule has 0 aliphatic carbocycles. The van der Waals surface area contributed by atoms with Crippen molar-refractivity contribution >= 4 is 34.6 Å². The Morgan fingerprint density at radius 3 is 1.81 bits per heavy atom. The summed E-state index contributed by atoms with van der Waals surface area (Å²) in [7, 11) is 3.00. The van der Waals surface area contributed by atoms with Gasteiger partial charge >= 0.3 is 0 Å². The summed E-state index contributed by atoms with van der Waals surface area (Å²) in [6.45, 7) is 0. The number of ether oxygens (including phenoxy) is 2. The van der Waals surface area contributed by atoms with Crippen LogP contribution >= 0.6 is 0 Å². The molecule has 0 bridgehead atoms. The van der Waals surface area contributed by atoms with Crippen LogP contribution in [0.25, 0.3) is 0 Å². The first-order chi connectivity index (χ1) is 17.6. The van der Waals surface area contributed by atoms with Gasteiger partial charge in [-0.05, 0) is 54.6 Å². The van der Waals surface area contributed by atoms with E-state index in [0.717, 1.165) is 0 Å². The first kappa shape index (κ1) is 24.2. The van der Waals surface area contributed by atoms with E-state index in [0.29, 0.717) is 45.4 Å². The van der Waals surface area contributed by atoms with Gasteiger partial charge in [-0.2, -0.15) is 5.11 Å². The van der Waals surface area contributed by atoms with E-state index in [1.165, 1.54) is 14.2 Å². The summed E-state index contributed by atoms with van der Waals surface area (Å²) in [5, 5.41) is 14.3. The Morgan fingerprint density at radius 2 is 1.19 bits per heavy atom. The quantitative estimate of drug-likeness (QED) is 0.277. The maximum Gasteiger partial charge on any atom is 0.259 e. The maximum atomic E-state index is 13.1. The van der Waals surface area contributed by atoms with Crippen LogP contribution in [0.2, 0.25) is 0 Å². The number of methoxy groups -OCH3 is 2. The van der Waals surface area contributed by atoms with E-state index in [9.17, 15) is 9.59 Å². The summed E-state index contributed by atoms with van der Waals surface area (Å²) < 4.78 is 10.6. The zero-order valence-electron chi connectivity index (χ0n) is 19.8. The number of nitrogens with one attached hydrogen (secondary N) is 2. The number of rotatable bonds is 8. The SMILES string of the molecule is COc1ccccc1C(=O)Nc1ccc(N=Nc2ccccc2)c(NC(=O)c2ccccc2OC)c1. The highest BCUT2D eigenvalue weighted by Crippen LogP contribution is 2.32. The minimum atomic E-state index is -0.392. The van der Waals surface area contributed by atoms with Crippen LogP contribution in [-0.4, -0.2) is 26.0 Å². The Labute approximate surface area is 208 Å². The van der Waals surface area contributed by atoms with Crippen LogP contribution in [0.15, 0.2) is 107 Å². The summed E-state index contributed by atoms with van der Waals surface area (Å²) in [6.07, 6.45) is 0. The third-order valence-corrected chi connectivity index (χ3v) is 5.24. The number of hydrogen-bond acceptors (Lipinski definition) is 6. The molecule has 8 heteroatoms. The monoisotopic (exact) mass is 480 g/mol. The summed E-state index contributed by atoms with van der Waals surface area (Å²) in [5.74, 6) is 0.140. The van der Waals surface area contributed by atoms with Crippen LogP contribution in [0.5, 0.6) is 11.5 Å². The van der Waals surface area contributed by atoms with Gasteiger partial charge in [0.25, 0.3) is 11.8 Å². The van der Waals surface area contributed by atoms with Gasteiger partial charge in [0.1, 0.15) is 17.2 Å². The van der Waals surface area contributed by atoms with Gasteiger partial charge in [-0.3, -0.25) is 9.59 Å². The zero-order chi connectivity index (χ0) is 25.3. The molecule has 0 spiro atoms. The maximum absolute atomic E-state index is 13.1. The smallest absolute Gasteiger partial charge is 0.259 e. The van der Waals surface area contributed by atoms with Crippen molar-refractivity contribution in [2.24, 2.45) is 10.2 Å². The Hall–Kier alpha value is -4.98. The van der Waals surface area contributed by atoms with E-state index in [1.54, 1.807) is 66.7 Å². The Balaban J connectivity index is 1.66. The minimum absolute atomic E-state index is 0.354. The molecule has 4 rings (SSSR count). The van der Waals surface area contributed by atoms with Gasteiger partial charge in [-0.15, -0.1) is 5.11 Å². The average molecular weight is 481 g/mol. The van der Waals surface area contributed by atoms with Gasteiger partial charge in [0, 0.05) is 5.69 Å². The van der Waals surface area contributed by atoms with Crippen LogP contribution in [0.1, 0.15) is 20.7 Å². The molecule has 0 saturated heterocycles. The fraction of sp³-hybridized carbons (Fsp3) is 0.0714. The molecule has 2 amide bonds. The zero-order valence-corrected chi connectivity index (χ0v) is 19.8. The lowest BCUT2D eigenvalue weighted by molar-refractivity contribution is 0.101. The fourth-order valence-corrected chi connectivity index (χ4v) is 3.46. The van der Waals surface area contributed by atoms with Crippen LogP contribution < -0.4 is 20.1 Å². The van der Waals surface area contributed by atoms with Crippen LogP contribution in [-0.2, 0) is 0 Å². The van der Waals surface area contributed by atoms with Crippen molar-refractivity contribution in [2.75, 3.05) is 24.9 Å². The number of carbonyl (C=O) groups is 2. The highest BCUT2D eigenvalue weighted by atomic mass is 16.5. The van der Waals surface area contributed by atoms with Crippen molar-refractivity contribution in [3.63, 3.8) is 0 Å². The molecule has 8 nitrogen and oxygen atoms in total. The van der Waals surface area contributed by atoms with E-state index < -0.39 is 5.91 Å². The molecule has 0 aromatic heterocycles. The summed E-state index contributed by atoms with van der Waals surface area (Å²) in [4.78, 5) is 26.0. The molecular weight excluding hydrogens is 456 g/mol. The standard InChI is InChI=1S/C28H24N4O4/c1-35-25-14-8-6-12-21(25)27(33)29-20-16-17-23(32-31-19-10-4-3-5-11-19)24(18-20)30-28(34)22-13-7-9-15-26(22)36-2/h3-18H,1-2H3,(H,29,33)(H,30,34). The number of benzene rings is 4. The molecule has 0 fully saturated rings. The predicted octanol–water partition coefficient (Wildman–Crippen LogP) is 6.62. The second-order valence-electron chi connectivity index (χ2n) is 7.58. The lowest BCUT2D eigenvalue weighted by Gasteiger charge is -2.13. The van der Waals surface area contributed by atoms with E-state index in [4.69, 9.17) is 9.47 Å². The van der Waals surface area contributed by atoms with Crippen molar-refractivity contribution in [1.29, 1.82) is 0 Å². The number of anilines is 2. The Morgan fingerprint density at radius 1 is 0.639 bits per heavy atom. The molecule has 2 N–H and O–H groups in total. The van der Waals surface area contributed by atoms with Crippen molar-refractivity contribution in [3.8, 4) is 11.5 Å². The summed E-state index contributed by atoms with van der Waals surface area (Å²) >= 11 is 0. The molecule has 0 unspecified atom stereocenters. The normalized spacial score (nSPS) is 10.6. The first-order valence-corrected chi connectivity index (χ1v) is 11.1. The van der Waals surface area contributed by atoms with Crippen molar-refractivity contribution < 1.29 is 19.1 Å². The van der Waals surface area contributed by atoms with Crippen molar-refractivity contribution in [2.45, 2.75) is 0 Å². The number of carbonyl (C=O) groups excluding carboxylic acids is 2. The van der Waals surface area contributed by atoms with E-state index in [1.807, 2.05) is 30.3 Å². The lowest BCUT2D eigenvalue weighted by Crippen LogP contribution is -2.15. The van der Waals surface area contributed by atoms with E-state index >= 15 is 0 Å². The highest BCUT2D eigenvalue weighted by molar-refractivity contribution is 6.09. The second-order valence-corrected chi connectivity index (χ2v) is 7.58. The van der Waals surface area contributed by atoms with Crippen LogP contribution in [0, 0.1) is 0 Å². The molecule has 4 aromatic rings. The van der Waals surface area contributed by atoms with E-state index in [-0.39, 0.29) is 5.91 Å². The number of nitrogens with zero attached hydrogens (tertiary/aromatic N) is 2. The second kappa shape index (κ2) is 11.4. The van der Waals surface area contributed by atoms with Crippen LogP contribution in [0.3, 0.4) is 0 Å². The van der Waals surface area contributed by atoms with Gasteiger partial charge in [-0.1, -0.05) is 42.5 Å². The molecule has 0 aliphatic rings. The first-order valence-electron chi connectivity index (χ1n) is 11.1. The molecule has 0 saturated carbocycles. The molecule has 0 heterocycles. The molecule has 0 atom stereocenters. The fourth-order valence-electron chi connectivity index (χ4n) is 3.46. The van der Waals surface area contributed by atoms with Crippen molar-refractivity contribution in [3.05, 3.63) is 108 Å². The predicted molar refractivity (Wildman–Crippen MR) is 139 cm³/mol. The van der Waals surface area contributed by atoms with E-state index in [2.05, 4.69) is 20.9 Å². The van der Waals surface area contributed by atoms with Gasteiger partial charge in [-0.25, -0.2) is 0 Å². The van der Waals surface area contributed by atoms with Gasteiger partial charge in [0.05, 0.1) is 36.7 Å². The number of hydrogen-bond donors (Lipinski definition) is 2. The number of para-hydroxylation sites is 2. The molecule has 4 aromatic carbocycles. The van der Waals surface area contributed by atoms with Gasteiger partial charge in [0.15, 0.2) is 0 Å². The topological polar surface area (TPSA) is 101 Å². The molecule has 36 heavy (non-hydrogen) atoms. The summed E-state index contributed by atoms with van der Waals surface area (Å²) in [6, 6.07) is 28.0. The molecule has 0 aliphatic heterocycles. The molecule has 0 radical (unpaired) electrons. The number of amides is 2. The average Bonchev–Trinajstić information content (AvgIpc) is 2.93. The summed E-state index contributed by atoms with van der Waals surface area (Å²) in [5.41, 5.74) is 2.63. The van der Waals surface area contributed by atoms with Crippen LogP contribution in [0.4, 0.5) is 22.7 Å². The Bertz CT molecular complexity index is 1400. The third kappa shape index (κ3) is 5.74. The largest absolute Gasteiger partial charge is 0.496 e. The third-order valence-electron chi connectivity index (χ3n) is 5.24. The minimum Gasteiger partial charge on any atom is -0.496 e. The number of azo groups is 1.